The summed E-state index contributed by atoms with van der Waals surface area (Å²) in [5.41, 5.74) is 1.30. The van der Waals surface area contributed by atoms with Gasteiger partial charge in [0, 0.05) is 12.6 Å². The third-order valence-electron chi connectivity index (χ3n) is 3.96. The summed E-state index contributed by atoms with van der Waals surface area (Å²) in [5.74, 6) is -0.0633. The van der Waals surface area contributed by atoms with Crippen LogP contribution in [0.2, 0.25) is 0 Å². The van der Waals surface area contributed by atoms with Crippen LogP contribution in [0.4, 0.5) is 5.69 Å². The quantitative estimate of drug-likeness (QED) is 0.858. The Bertz CT molecular complexity index is 729. The maximum Gasteiger partial charge on any atom is 0.316 e. The minimum atomic E-state index is -0.498. The van der Waals surface area contributed by atoms with Gasteiger partial charge in [0.1, 0.15) is 6.26 Å². The van der Waals surface area contributed by atoms with E-state index in [9.17, 15) is 9.59 Å². The number of esters is 1. The number of rotatable bonds is 5. The molecule has 1 heterocycles. The molecule has 2 aromatic rings. The number of ether oxygens (including phenoxy) is 1. The summed E-state index contributed by atoms with van der Waals surface area (Å²) in [4.78, 5) is 28.1. The molecule has 0 aliphatic heterocycles. The number of aromatic nitrogens is 1. The van der Waals surface area contributed by atoms with E-state index < -0.39 is 5.41 Å². The Morgan fingerprint density at radius 2 is 2.00 bits per heavy atom. The van der Waals surface area contributed by atoms with Crippen LogP contribution >= 0.6 is 0 Å². The lowest BCUT2D eigenvalue weighted by Crippen LogP contribution is -2.23. The molecule has 120 valence electrons. The van der Waals surface area contributed by atoms with Crippen LogP contribution in [-0.4, -0.2) is 23.5 Å². The molecule has 0 unspecified atom stereocenters. The zero-order chi connectivity index (χ0) is 16.4. The van der Waals surface area contributed by atoms with Gasteiger partial charge in [-0.15, -0.1) is 0 Å². The first-order valence-electron chi connectivity index (χ1n) is 7.56. The fraction of sp³-hybridized carbons (Fsp3) is 0.353. The summed E-state index contributed by atoms with van der Waals surface area (Å²) in [6, 6.07) is 7.26. The lowest BCUT2D eigenvalue weighted by atomic mass is 9.96. The number of benzene rings is 1. The van der Waals surface area contributed by atoms with Crippen LogP contribution in [0, 0.1) is 6.92 Å². The molecule has 1 fully saturated rings. The van der Waals surface area contributed by atoms with Crippen molar-refractivity contribution in [2.24, 2.45) is 0 Å². The standard InChI is InChI=1S/C17H18N2O4/c1-3-22-16(21)17(8-9-17)12-4-6-13(7-5-12)19-15(20)14-10-23-11(2)18-14/h4-7,10H,3,8-9H2,1-2H3,(H,19,20). The smallest absolute Gasteiger partial charge is 0.316 e. The molecule has 1 aliphatic carbocycles. The summed E-state index contributed by atoms with van der Waals surface area (Å²) < 4.78 is 10.2. The molecule has 1 aromatic carbocycles. The lowest BCUT2D eigenvalue weighted by Gasteiger charge is -2.14. The van der Waals surface area contributed by atoms with Gasteiger partial charge in [-0.25, -0.2) is 4.98 Å². The molecule has 0 bridgehead atoms. The van der Waals surface area contributed by atoms with Gasteiger partial charge in [0.25, 0.3) is 5.91 Å². The number of hydrogen-bond donors (Lipinski definition) is 1. The van der Waals surface area contributed by atoms with Gasteiger partial charge in [0.05, 0.1) is 12.0 Å². The van der Waals surface area contributed by atoms with E-state index in [1.165, 1.54) is 6.26 Å². The SMILES string of the molecule is CCOC(=O)C1(c2ccc(NC(=O)c3coc(C)n3)cc2)CC1. The highest BCUT2D eigenvalue weighted by Gasteiger charge is 2.52. The first-order chi connectivity index (χ1) is 11.0. The lowest BCUT2D eigenvalue weighted by molar-refractivity contribution is -0.146. The van der Waals surface area contributed by atoms with Gasteiger partial charge in [-0.05, 0) is 37.5 Å². The van der Waals surface area contributed by atoms with E-state index in [2.05, 4.69) is 10.3 Å². The van der Waals surface area contributed by atoms with E-state index in [0.717, 1.165) is 18.4 Å². The molecule has 1 N–H and O–H groups in total. The van der Waals surface area contributed by atoms with Crippen LogP contribution in [0.25, 0.3) is 0 Å². The van der Waals surface area contributed by atoms with Crippen molar-refractivity contribution < 1.29 is 18.7 Å². The molecule has 1 aliphatic rings. The van der Waals surface area contributed by atoms with E-state index in [1.807, 2.05) is 12.1 Å². The summed E-state index contributed by atoms with van der Waals surface area (Å²) in [6.07, 6.45) is 2.92. The molecule has 3 rings (SSSR count). The second-order valence-corrected chi connectivity index (χ2v) is 5.59. The van der Waals surface area contributed by atoms with Crippen molar-refractivity contribution >= 4 is 17.6 Å². The number of nitrogens with zero attached hydrogens (tertiary/aromatic N) is 1. The van der Waals surface area contributed by atoms with Gasteiger partial charge >= 0.3 is 5.97 Å². The number of oxazole rings is 1. The topological polar surface area (TPSA) is 81.4 Å². The highest BCUT2D eigenvalue weighted by molar-refractivity contribution is 6.02. The molecule has 0 spiro atoms. The van der Waals surface area contributed by atoms with E-state index in [1.54, 1.807) is 26.0 Å². The predicted molar refractivity (Wildman–Crippen MR) is 83.2 cm³/mol. The molecule has 1 saturated carbocycles. The molecule has 6 heteroatoms. The molecular weight excluding hydrogens is 296 g/mol. The van der Waals surface area contributed by atoms with E-state index in [-0.39, 0.29) is 17.6 Å². The van der Waals surface area contributed by atoms with Crippen molar-refractivity contribution in [3.05, 3.63) is 47.7 Å². The van der Waals surface area contributed by atoms with Crippen LogP contribution in [0.3, 0.4) is 0 Å². The highest BCUT2D eigenvalue weighted by Crippen LogP contribution is 2.49. The summed E-state index contributed by atoms with van der Waals surface area (Å²) in [5, 5.41) is 2.75. The predicted octanol–water partition coefficient (Wildman–Crippen LogP) is 2.83. The first kappa shape index (κ1) is 15.3. The van der Waals surface area contributed by atoms with Crippen molar-refractivity contribution in [2.75, 3.05) is 11.9 Å². The van der Waals surface area contributed by atoms with Gasteiger partial charge in [0.2, 0.25) is 0 Å². The van der Waals surface area contributed by atoms with Crippen molar-refractivity contribution in [2.45, 2.75) is 32.1 Å². The van der Waals surface area contributed by atoms with Gasteiger partial charge in [-0.2, -0.15) is 0 Å². The van der Waals surface area contributed by atoms with Gasteiger partial charge in [-0.3, -0.25) is 9.59 Å². The summed E-state index contributed by atoms with van der Waals surface area (Å²) in [6.45, 7) is 3.86. The maximum atomic E-state index is 12.1. The average Bonchev–Trinajstić information content (AvgIpc) is 3.24. The van der Waals surface area contributed by atoms with Crippen molar-refractivity contribution in [1.82, 2.24) is 4.98 Å². The average molecular weight is 314 g/mol. The number of carbonyl (C=O) groups is 2. The van der Waals surface area contributed by atoms with Crippen molar-refractivity contribution in [3.63, 3.8) is 0 Å². The number of aryl methyl sites for hydroxylation is 1. The Balaban J connectivity index is 1.70. The fourth-order valence-corrected chi connectivity index (χ4v) is 2.54. The molecule has 0 saturated heterocycles. The molecule has 1 amide bonds. The number of hydrogen-bond acceptors (Lipinski definition) is 5. The van der Waals surface area contributed by atoms with Crippen LogP contribution in [0.1, 0.15) is 41.7 Å². The van der Waals surface area contributed by atoms with E-state index >= 15 is 0 Å². The van der Waals surface area contributed by atoms with Crippen LogP contribution in [0.5, 0.6) is 0 Å². The zero-order valence-corrected chi connectivity index (χ0v) is 13.1. The zero-order valence-electron chi connectivity index (χ0n) is 13.1. The minimum absolute atomic E-state index is 0.171. The van der Waals surface area contributed by atoms with Crippen LogP contribution < -0.4 is 5.32 Å². The number of carbonyl (C=O) groups excluding carboxylic acids is 2. The molecule has 0 atom stereocenters. The van der Waals surface area contributed by atoms with Gasteiger partial charge in [0.15, 0.2) is 11.6 Å². The minimum Gasteiger partial charge on any atom is -0.465 e. The Morgan fingerprint density at radius 3 is 2.52 bits per heavy atom. The number of nitrogens with one attached hydrogen (secondary N) is 1. The second-order valence-electron chi connectivity index (χ2n) is 5.59. The first-order valence-corrected chi connectivity index (χ1v) is 7.56. The molecule has 23 heavy (non-hydrogen) atoms. The molecule has 1 aromatic heterocycles. The third-order valence-corrected chi connectivity index (χ3v) is 3.96. The van der Waals surface area contributed by atoms with Crippen molar-refractivity contribution in [3.8, 4) is 0 Å². The Kier molecular flexibility index (Phi) is 3.90. The summed E-state index contributed by atoms with van der Waals surface area (Å²) >= 11 is 0. The normalized spacial score (nSPS) is 15.0. The Morgan fingerprint density at radius 1 is 1.30 bits per heavy atom. The second kappa shape index (κ2) is 5.87. The van der Waals surface area contributed by atoms with Crippen LogP contribution in [0.15, 0.2) is 34.9 Å². The Labute approximate surface area is 133 Å². The molecular formula is C17H18N2O4. The largest absolute Gasteiger partial charge is 0.465 e. The van der Waals surface area contributed by atoms with Gasteiger partial charge < -0.3 is 14.5 Å². The molecule has 0 radical (unpaired) electrons. The maximum absolute atomic E-state index is 12.1. The fourth-order valence-electron chi connectivity index (χ4n) is 2.54. The van der Waals surface area contributed by atoms with E-state index in [4.69, 9.17) is 9.15 Å². The number of amides is 1. The van der Waals surface area contributed by atoms with Gasteiger partial charge in [-0.1, -0.05) is 12.1 Å². The Hall–Kier alpha value is -2.63. The van der Waals surface area contributed by atoms with Crippen molar-refractivity contribution in [1.29, 1.82) is 0 Å². The monoisotopic (exact) mass is 314 g/mol. The number of anilines is 1. The third kappa shape index (κ3) is 2.97. The van der Waals surface area contributed by atoms with E-state index in [0.29, 0.717) is 18.2 Å². The molecule has 6 nitrogen and oxygen atoms in total. The highest BCUT2D eigenvalue weighted by atomic mass is 16.5. The summed E-state index contributed by atoms with van der Waals surface area (Å²) in [7, 11) is 0. The van der Waals surface area contributed by atoms with Crippen LogP contribution in [-0.2, 0) is 14.9 Å².